The van der Waals surface area contributed by atoms with Gasteiger partial charge in [-0.15, -0.1) is 0 Å². The molecule has 0 aliphatic carbocycles. The van der Waals surface area contributed by atoms with Gasteiger partial charge in [-0.25, -0.2) is 0 Å². The normalized spacial score (nSPS) is 10.1. The fraction of sp³-hybridized carbons (Fsp3) is 0.222. The van der Waals surface area contributed by atoms with Gasteiger partial charge in [0.25, 0.3) is 0 Å². The smallest absolute Gasteiger partial charge is 0.185 e. The summed E-state index contributed by atoms with van der Waals surface area (Å²) in [5, 5.41) is 28.3. The molecule has 16 heavy (non-hydrogen) atoms. The predicted octanol–water partition coefficient (Wildman–Crippen LogP) is 1.10. The first-order valence-corrected chi connectivity index (χ1v) is 5.17. The van der Waals surface area contributed by atoms with Crippen LogP contribution < -0.4 is 11.1 Å². The molecule has 0 amide bonds. The van der Waals surface area contributed by atoms with Gasteiger partial charge in [0, 0.05) is 17.0 Å². The van der Waals surface area contributed by atoms with Crippen LogP contribution in [0.25, 0.3) is 0 Å². The van der Waals surface area contributed by atoms with Crippen molar-refractivity contribution in [3.05, 3.63) is 17.7 Å². The van der Waals surface area contributed by atoms with Crippen LogP contribution in [-0.2, 0) is 6.42 Å². The van der Waals surface area contributed by atoms with E-state index in [1.165, 1.54) is 6.07 Å². The van der Waals surface area contributed by atoms with E-state index < -0.39 is 0 Å². The number of phenolic OH excluding ortho intramolecular Hbond substituents is 2. The SMILES string of the molecule is N=C(N)NCCc1cc(SF)cc(O)c1O. The van der Waals surface area contributed by atoms with E-state index in [9.17, 15) is 14.1 Å². The zero-order valence-electron chi connectivity index (χ0n) is 8.33. The quantitative estimate of drug-likeness (QED) is 0.310. The van der Waals surface area contributed by atoms with Gasteiger partial charge in [-0.1, -0.05) is 0 Å². The summed E-state index contributed by atoms with van der Waals surface area (Å²) < 4.78 is 12.3. The molecule has 0 aromatic heterocycles. The predicted molar refractivity (Wildman–Crippen MR) is 60.4 cm³/mol. The highest BCUT2D eigenvalue weighted by Gasteiger charge is 2.09. The van der Waals surface area contributed by atoms with Crippen molar-refractivity contribution in [3.63, 3.8) is 0 Å². The Morgan fingerprint density at radius 3 is 2.75 bits per heavy atom. The summed E-state index contributed by atoms with van der Waals surface area (Å²) in [5.74, 6) is -0.816. The first-order valence-electron chi connectivity index (χ1n) is 4.46. The van der Waals surface area contributed by atoms with Crippen LogP contribution in [0.4, 0.5) is 3.89 Å². The van der Waals surface area contributed by atoms with Crippen molar-refractivity contribution >= 4 is 18.1 Å². The summed E-state index contributed by atoms with van der Waals surface area (Å²) in [6, 6.07) is 2.57. The summed E-state index contributed by atoms with van der Waals surface area (Å²) in [5.41, 5.74) is 5.47. The summed E-state index contributed by atoms with van der Waals surface area (Å²) in [6.45, 7) is 0.322. The van der Waals surface area contributed by atoms with Gasteiger partial charge in [0.05, 0.1) is 12.1 Å². The minimum Gasteiger partial charge on any atom is -0.504 e. The molecule has 88 valence electrons. The molecule has 0 heterocycles. The third-order valence-corrected chi connectivity index (χ3v) is 2.36. The number of halogens is 1. The van der Waals surface area contributed by atoms with Crippen molar-refractivity contribution < 1.29 is 14.1 Å². The Bertz CT molecular complexity index is 401. The molecular weight excluding hydrogens is 233 g/mol. The number of nitrogens with two attached hydrogens (primary N) is 1. The Kier molecular flexibility index (Phi) is 4.24. The molecule has 0 unspecified atom stereocenters. The summed E-state index contributed by atoms with van der Waals surface area (Å²) in [4.78, 5) is 0.216. The molecule has 0 saturated heterocycles. The lowest BCUT2D eigenvalue weighted by Crippen LogP contribution is -2.31. The van der Waals surface area contributed by atoms with E-state index in [1.54, 1.807) is 0 Å². The van der Waals surface area contributed by atoms with Gasteiger partial charge in [-0.05, 0) is 18.6 Å². The fourth-order valence-electron chi connectivity index (χ4n) is 1.22. The van der Waals surface area contributed by atoms with Gasteiger partial charge in [0.15, 0.2) is 17.5 Å². The zero-order chi connectivity index (χ0) is 12.1. The van der Waals surface area contributed by atoms with Crippen molar-refractivity contribution in [2.45, 2.75) is 11.3 Å². The Morgan fingerprint density at radius 2 is 2.19 bits per heavy atom. The highest BCUT2D eigenvalue weighted by molar-refractivity contribution is 7.94. The van der Waals surface area contributed by atoms with Gasteiger partial charge in [0.2, 0.25) is 0 Å². The molecule has 0 spiro atoms. The van der Waals surface area contributed by atoms with Crippen molar-refractivity contribution in [2.24, 2.45) is 5.73 Å². The minimum atomic E-state index is -0.361. The number of phenols is 2. The van der Waals surface area contributed by atoms with E-state index in [0.717, 1.165) is 6.07 Å². The molecule has 0 aliphatic rings. The largest absolute Gasteiger partial charge is 0.504 e. The van der Waals surface area contributed by atoms with E-state index in [1.807, 2.05) is 0 Å². The molecule has 1 rings (SSSR count). The highest BCUT2D eigenvalue weighted by atomic mass is 32.2. The van der Waals surface area contributed by atoms with Crippen LogP contribution in [0.1, 0.15) is 5.56 Å². The molecule has 0 saturated carbocycles. The second-order valence-corrected chi connectivity index (χ2v) is 3.74. The second kappa shape index (κ2) is 5.45. The maximum atomic E-state index is 12.3. The third-order valence-electron chi connectivity index (χ3n) is 1.94. The molecule has 0 bridgehead atoms. The second-order valence-electron chi connectivity index (χ2n) is 3.12. The van der Waals surface area contributed by atoms with Crippen molar-refractivity contribution in [3.8, 4) is 11.5 Å². The molecule has 0 radical (unpaired) electrons. The van der Waals surface area contributed by atoms with Crippen LogP contribution in [0.3, 0.4) is 0 Å². The number of rotatable bonds is 4. The van der Waals surface area contributed by atoms with E-state index in [-0.39, 0.29) is 34.5 Å². The molecular formula is C9H12FN3O2S. The van der Waals surface area contributed by atoms with Crippen molar-refractivity contribution in [1.82, 2.24) is 5.32 Å². The van der Waals surface area contributed by atoms with Gasteiger partial charge in [-0.2, -0.15) is 3.89 Å². The van der Waals surface area contributed by atoms with Crippen LogP contribution in [0, 0.1) is 5.41 Å². The van der Waals surface area contributed by atoms with Crippen LogP contribution in [-0.4, -0.2) is 22.7 Å². The van der Waals surface area contributed by atoms with Crippen LogP contribution in [0.5, 0.6) is 11.5 Å². The van der Waals surface area contributed by atoms with Crippen molar-refractivity contribution in [1.29, 1.82) is 5.41 Å². The van der Waals surface area contributed by atoms with Gasteiger partial charge in [-0.3, -0.25) is 5.41 Å². The van der Waals surface area contributed by atoms with Crippen LogP contribution >= 0.6 is 12.1 Å². The minimum absolute atomic E-state index is 0.0129. The third kappa shape index (κ3) is 3.20. The molecule has 0 fully saturated rings. The van der Waals surface area contributed by atoms with E-state index in [4.69, 9.17) is 11.1 Å². The Balaban J connectivity index is 2.78. The van der Waals surface area contributed by atoms with Crippen molar-refractivity contribution in [2.75, 3.05) is 6.54 Å². The summed E-state index contributed by atoms with van der Waals surface area (Å²) >= 11 is -0.0129. The molecule has 6 N–H and O–H groups in total. The van der Waals surface area contributed by atoms with Gasteiger partial charge >= 0.3 is 0 Å². The average molecular weight is 245 g/mol. The molecule has 0 aliphatic heterocycles. The topological polar surface area (TPSA) is 102 Å². The Hall–Kier alpha value is -1.63. The molecule has 1 aromatic rings. The monoisotopic (exact) mass is 245 g/mol. The van der Waals surface area contributed by atoms with Gasteiger partial charge < -0.3 is 21.3 Å². The molecule has 0 atom stereocenters. The highest BCUT2D eigenvalue weighted by Crippen LogP contribution is 2.34. The molecule has 7 heteroatoms. The van der Waals surface area contributed by atoms with Gasteiger partial charge in [0.1, 0.15) is 0 Å². The summed E-state index contributed by atoms with van der Waals surface area (Å²) in [6.07, 6.45) is 0.327. The lowest BCUT2D eigenvalue weighted by molar-refractivity contribution is 0.398. The van der Waals surface area contributed by atoms with Crippen LogP contribution in [0.15, 0.2) is 17.0 Å². The first-order chi connectivity index (χ1) is 7.54. The summed E-state index contributed by atoms with van der Waals surface area (Å²) in [7, 11) is 0. The lowest BCUT2D eigenvalue weighted by Gasteiger charge is -2.08. The number of hydrogen-bond acceptors (Lipinski definition) is 4. The first kappa shape index (κ1) is 12.4. The zero-order valence-corrected chi connectivity index (χ0v) is 9.14. The maximum Gasteiger partial charge on any atom is 0.185 e. The Morgan fingerprint density at radius 1 is 1.50 bits per heavy atom. The number of hydrogen-bond donors (Lipinski definition) is 5. The van der Waals surface area contributed by atoms with E-state index >= 15 is 0 Å². The fourth-order valence-corrected chi connectivity index (χ4v) is 1.56. The lowest BCUT2D eigenvalue weighted by atomic mass is 10.1. The Labute approximate surface area is 96.3 Å². The molecule has 1 aromatic carbocycles. The maximum absolute atomic E-state index is 12.3. The molecule has 5 nitrogen and oxygen atoms in total. The van der Waals surface area contributed by atoms with E-state index in [2.05, 4.69) is 5.32 Å². The number of nitrogens with one attached hydrogen (secondary N) is 2. The number of benzene rings is 1. The standard InChI is InChI=1S/C9H12FN3O2S/c10-16-6-3-5(1-2-13-9(11)12)8(15)7(14)4-6/h3-4,14-15H,1-2H2,(H4,11,12,13). The number of aromatic hydroxyl groups is 2. The number of guanidine groups is 1. The van der Waals surface area contributed by atoms with Crippen LogP contribution in [0.2, 0.25) is 0 Å². The van der Waals surface area contributed by atoms with E-state index in [0.29, 0.717) is 18.5 Å². The average Bonchev–Trinajstić information content (AvgIpc) is 2.23.